The third-order valence-electron chi connectivity index (χ3n) is 2.09. The largest absolute Gasteiger partial charge is 0.294 e. The summed E-state index contributed by atoms with van der Waals surface area (Å²) in [4.78, 5) is 11.8. The highest BCUT2D eigenvalue weighted by molar-refractivity contribution is 9.11. The van der Waals surface area contributed by atoms with Crippen molar-refractivity contribution in [1.82, 2.24) is 0 Å². The second-order valence-electron chi connectivity index (χ2n) is 3.30. The summed E-state index contributed by atoms with van der Waals surface area (Å²) in [5, 5.41) is 0. The van der Waals surface area contributed by atoms with Crippen LogP contribution in [0.1, 0.15) is 28.8 Å². The lowest BCUT2D eigenvalue weighted by Gasteiger charge is -2.06. The Morgan fingerprint density at radius 2 is 2.00 bits per heavy atom. The van der Waals surface area contributed by atoms with E-state index >= 15 is 0 Å². The first kappa shape index (κ1) is 13.2. The Kier molecular flexibility index (Phi) is 5.30. The second kappa shape index (κ2) is 6.02. The fraction of sp³-hybridized carbons (Fsp3) is 0.364. The van der Waals surface area contributed by atoms with Gasteiger partial charge in [-0.2, -0.15) is 0 Å². The van der Waals surface area contributed by atoms with E-state index in [1.807, 2.05) is 19.1 Å². The molecule has 0 saturated carbocycles. The van der Waals surface area contributed by atoms with E-state index in [1.54, 1.807) is 0 Å². The number of hydrogen-bond donors (Lipinski definition) is 0. The number of halogens is 3. The van der Waals surface area contributed by atoms with Crippen molar-refractivity contribution in [2.45, 2.75) is 19.8 Å². The van der Waals surface area contributed by atoms with Crippen molar-refractivity contribution in [2.24, 2.45) is 0 Å². The molecule has 1 aromatic carbocycles. The first-order valence-corrected chi connectivity index (χ1v) is 6.73. The maximum atomic E-state index is 11.8. The van der Waals surface area contributed by atoms with Gasteiger partial charge in [0, 0.05) is 26.8 Å². The molecule has 4 heteroatoms. The van der Waals surface area contributed by atoms with Gasteiger partial charge in [0.1, 0.15) is 0 Å². The Morgan fingerprint density at radius 3 is 2.60 bits per heavy atom. The van der Waals surface area contributed by atoms with E-state index in [0.717, 1.165) is 26.5 Å². The maximum absolute atomic E-state index is 11.8. The molecule has 0 bridgehead atoms. The van der Waals surface area contributed by atoms with Crippen molar-refractivity contribution in [2.75, 3.05) is 5.88 Å². The zero-order chi connectivity index (χ0) is 11.4. The summed E-state index contributed by atoms with van der Waals surface area (Å²) >= 11 is 12.4. The van der Waals surface area contributed by atoms with Crippen LogP contribution >= 0.6 is 43.5 Å². The summed E-state index contributed by atoms with van der Waals surface area (Å²) in [6.45, 7) is 1.99. The average molecular weight is 354 g/mol. The minimum absolute atomic E-state index is 0.128. The number of benzene rings is 1. The summed E-state index contributed by atoms with van der Waals surface area (Å²) < 4.78 is 1.81. The van der Waals surface area contributed by atoms with Crippen LogP contribution in [0.15, 0.2) is 21.1 Å². The molecular weight excluding hydrogens is 343 g/mol. The van der Waals surface area contributed by atoms with Gasteiger partial charge in [-0.15, -0.1) is 11.6 Å². The molecule has 0 fully saturated rings. The third kappa shape index (κ3) is 3.58. The molecule has 0 aliphatic heterocycles. The molecule has 0 aromatic heterocycles. The molecule has 0 aliphatic carbocycles. The normalized spacial score (nSPS) is 10.4. The van der Waals surface area contributed by atoms with Gasteiger partial charge in [0.05, 0.1) is 0 Å². The SMILES string of the molecule is Cc1cc(Br)c(C(=O)CCCCl)cc1Br. The van der Waals surface area contributed by atoms with Crippen LogP contribution in [0.2, 0.25) is 0 Å². The zero-order valence-electron chi connectivity index (χ0n) is 8.32. The molecule has 15 heavy (non-hydrogen) atoms. The molecule has 0 amide bonds. The molecule has 0 aliphatic rings. The molecule has 0 unspecified atom stereocenters. The Morgan fingerprint density at radius 1 is 1.33 bits per heavy atom. The van der Waals surface area contributed by atoms with Gasteiger partial charge in [0.15, 0.2) is 5.78 Å². The quantitative estimate of drug-likeness (QED) is 0.565. The second-order valence-corrected chi connectivity index (χ2v) is 5.38. The van der Waals surface area contributed by atoms with Gasteiger partial charge in [-0.25, -0.2) is 0 Å². The highest BCUT2D eigenvalue weighted by Crippen LogP contribution is 2.26. The lowest BCUT2D eigenvalue weighted by molar-refractivity contribution is 0.0981. The van der Waals surface area contributed by atoms with E-state index in [4.69, 9.17) is 11.6 Å². The molecule has 0 radical (unpaired) electrons. The van der Waals surface area contributed by atoms with Crippen LogP contribution in [-0.4, -0.2) is 11.7 Å². The predicted octanol–water partition coefficient (Wildman–Crippen LogP) is 4.72. The molecule has 82 valence electrons. The number of aryl methyl sites for hydroxylation is 1. The molecule has 1 aromatic rings. The van der Waals surface area contributed by atoms with Crippen molar-refractivity contribution in [1.29, 1.82) is 0 Å². The van der Waals surface area contributed by atoms with Gasteiger partial charge in [0.2, 0.25) is 0 Å². The fourth-order valence-corrected chi connectivity index (χ4v) is 2.38. The van der Waals surface area contributed by atoms with Gasteiger partial charge in [-0.3, -0.25) is 4.79 Å². The highest BCUT2D eigenvalue weighted by Gasteiger charge is 2.11. The molecule has 0 saturated heterocycles. The highest BCUT2D eigenvalue weighted by atomic mass is 79.9. The lowest BCUT2D eigenvalue weighted by Crippen LogP contribution is -2.01. The summed E-state index contributed by atoms with van der Waals surface area (Å²) in [5.74, 6) is 0.652. The smallest absolute Gasteiger partial charge is 0.164 e. The Bertz CT molecular complexity index is 377. The first-order valence-electron chi connectivity index (χ1n) is 4.61. The molecule has 0 spiro atoms. The van der Waals surface area contributed by atoms with Crippen molar-refractivity contribution < 1.29 is 4.79 Å². The van der Waals surface area contributed by atoms with Crippen LogP contribution < -0.4 is 0 Å². The van der Waals surface area contributed by atoms with Gasteiger partial charge < -0.3 is 0 Å². The number of Topliss-reactive ketones (excluding diaryl/α,β-unsaturated/α-hetero) is 1. The molecular formula is C11H11Br2ClO. The molecule has 0 heterocycles. The number of carbonyl (C=O) groups is 1. The first-order chi connectivity index (χ1) is 7.06. The predicted molar refractivity (Wildman–Crippen MR) is 70.9 cm³/mol. The molecule has 0 atom stereocenters. The molecule has 1 nitrogen and oxygen atoms in total. The third-order valence-corrected chi connectivity index (χ3v) is 3.86. The van der Waals surface area contributed by atoms with E-state index < -0.39 is 0 Å². The minimum Gasteiger partial charge on any atom is -0.294 e. The van der Waals surface area contributed by atoms with Crippen LogP contribution in [0.4, 0.5) is 0 Å². The van der Waals surface area contributed by atoms with Gasteiger partial charge in [0.25, 0.3) is 0 Å². The van der Waals surface area contributed by atoms with Gasteiger partial charge in [-0.05, 0) is 31.0 Å². The standard InChI is InChI=1S/C11H11Br2ClO/c1-7-5-10(13)8(6-9(7)12)11(15)3-2-4-14/h5-6H,2-4H2,1H3. The van der Waals surface area contributed by atoms with Crippen LogP contribution in [0.3, 0.4) is 0 Å². The lowest BCUT2D eigenvalue weighted by atomic mass is 10.1. The van der Waals surface area contributed by atoms with Crippen LogP contribution in [0.25, 0.3) is 0 Å². The summed E-state index contributed by atoms with van der Waals surface area (Å²) in [6, 6.07) is 3.80. The van der Waals surface area contributed by atoms with Gasteiger partial charge >= 0.3 is 0 Å². The summed E-state index contributed by atoms with van der Waals surface area (Å²) in [5.41, 5.74) is 1.83. The van der Waals surface area contributed by atoms with Crippen molar-refractivity contribution in [3.05, 3.63) is 32.2 Å². The van der Waals surface area contributed by atoms with Crippen molar-refractivity contribution >= 4 is 49.2 Å². The minimum atomic E-state index is 0.128. The van der Waals surface area contributed by atoms with Crippen molar-refractivity contribution in [3.63, 3.8) is 0 Å². The Hall–Kier alpha value is 0.140. The maximum Gasteiger partial charge on any atom is 0.164 e. The average Bonchev–Trinajstić information content (AvgIpc) is 2.20. The monoisotopic (exact) mass is 352 g/mol. The zero-order valence-corrected chi connectivity index (χ0v) is 12.2. The summed E-state index contributed by atoms with van der Waals surface area (Å²) in [7, 11) is 0. The molecule has 1 rings (SSSR count). The number of rotatable bonds is 4. The van der Waals surface area contributed by atoms with E-state index in [2.05, 4.69) is 31.9 Å². The van der Waals surface area contributed by atoms with E-state index in [-0.39, 0.29) is 5.78 Å². The van der Waals surface area contributed by atoms with E-state index in [1.165, 1.54) is 0 Å². The van der Waals surface area contributed by atoms with Crippen LogP contribution in [0.5, 0.6) is 0 Å². The van der Waals surface area contributed by atoms with Crippen molar-refractivity contribution in [3.8, 4) is 0 Å². The van der Waals surface area contributed by atoms with Crippen LogP contribution in [0, 0.1) is 6.92 Å². The number of hydrogen-bond acceptors (Lipinski definition) is 1. The summed E-state index contributed by atoms with van der Waals surface area (Å²) in [6.07, 6.45) is 1.22. The van der Waals surface area contributed by atoms with E-state index in [0.29, 0.717) is 12.3 Å². The fourth-order valence-electron chi connectivity index (χ4n) is 1.22. The number of carbonyl (C=O) groups excluding carboxylic acids is 1. The Labute approximate surface area is 111 Å². The Balaban J connectivity index is 2.94. The molecule has 0 N–H and O–H groups in total. The number of ketones is 1. The van der Waals surface area contributed by atoms with E-state index in [9.17, 15) is 4.79 Å². The van der Waals surface area contributed by atoms with Crippen LogP contribution in [-0.2, 0) is 0 Å². The number of alkyl halides is 1. The van der Waals surface area contributed by atoms with Gasteiger partial charge in [-0.1, -0.05) is 31.9 Å². The topological polar surface area (TPSA) is 17.1 Å².